The highest BCUT2D eigenvalue weighted by Crippen LogP contribution is 2.41. The van der Waals surface area contributed by atoms with Crippen LogP contribution in [0.2, 0.25) is 0 Å². The molecule has 2 heterocycles. The molecule has 112 valence electrons. The van der Waals surface area contributed by atoms with Gasteiger partial charge in [0.25, 0.3) is 0 Å². The third-order valence-electron chi connectivity index (χ3n) is 4.08. The third-order valence-corrected chi connectivity index (χ3v) is 4.08. The number of nitrogens with zero attached hydrogens (tertiary/aromatic N) is 2. The number of anilines is 1. The van der Waals surface area contributed by atoms with Crippen molar-refractivity contribution in [2.45, 2.75) is 25.4 Å². The van der Waals surface area contributed by atoms with Crippen LogP contribution in [0.15, 0.2) is 46.6 Å². The molecule has 0 fully saturated rings. The van der Waals surface area contributed by atoms with Gasteiger partial charge < -0.3 is 15.2 Å². The second kappa shape index (κ2) is 5.02. The molecule has 2 N–H and O–H groups in total. The van der Waals surface area contributed by atoms with Crippen LogP contribution in [0.3, 0.4) is 0 Å². The van der Waals surface area contributed by atoms with Gasteiger partial charge in [0.1, 0.15) is 6.04 Å². The number of rotatable bonds is 1. The highest BCUT2D eigenvalue weighted by atomic mass is 16.7. The van der Waals surface area contributed by atoms with Crippen LogP contribution in [0.1, 0.15) is 29.7 Å². The Kier molecular flexibility index (Phi) is 2.99. The maximum absolute atomic E-state index is 5.79. The fraction of sp³-hybridized carbons (Fsp3) is 0.294. The van der Waals surface area contributed by atoms with E-state index in [4.69, 9.17) is 15.2 Å². The largest absolute Gasteiger partial charge is 0.454 e. The molecule has 0 aliphatic carbocycles. The Labute approximate surface area is 128 Å². The smallest absolute Gasteiger partial charge is 0.231 e. The summed E-state index contributed by atoms with van der Waals surface area (Å²) in [6.45, 7) is 2.35. The Morgan fingerprint density at radius 1 is 1.05 bits per heavy atom. The first-order valence-electron chi connectivity index (χ1n) is 7.38. The predicted molar refractivity (Wildman–Crippen MR) is 83.3 cm³/mol. The SMILES string of the molecule is CC1Cc2cc3c(cc2C(c2ccc(N)cc2)N=N1)OCO3. The molecule has 2 aliphatic rings. The Hall–Kier alpha value is -2.56. The zero-order valence-corrected chi connectivity index (χ0v) is 12.3. The molecule has 4 rings (SSSR count). The first kappa shape index (κ1) is 13.1. The minimum Gasteiger partial charge on any atom is -0.454 e. The molecule has 5 heteroatoms. The van der Waals surface area contributed by atoms with Gasteiger partial charge in [-0.25, -0.2) is 0 Å². The molecule has 0 aromatic heterocycles. The van der Waals surface area contributed by atoms with Crippen LogP contribution >= 0.6 is 0 Å². The average Bonchev–Trinajstić information content (AvgIpc) is 2.89. The second-order valence-corrected chi connectivity index (χ2v) is 5.76. The van der Waals surface area contributed by atoms with E-state index in [1.807, 2.05) is 30.3 Å². The van der Waals surface area contributed by atoms with E-state index in [0.29, 0.717) is 0 Å². The number of ether oxygens (including phenoxy) is 2. The molecule has 22 heavy (non-hydrogen) atoms. The zero-order valence-electron chi connectivity index (χ0n) is 12.3. The first-order chi connectivity index (χ1) is 10.7. The van der Waals surface area contributed by atoms with Crippen molar-refractivity contribution in [1.82, 2.24) is 0 Å². The molecule has 0 saturated carbocycles. The van der Waals surface area contributed by atoms with E-state index < -0.39 is 0 Å². The molecule has 5 nitrogen and oxygen atoms in total. The number of hydrogen-bond donors (Lipinski definition) is 1. The van der Waals surface area contributed by atoms with Gasteiger partial charge in [0, 0.05) is 5.69 Å². The Balaban J connectivity index is 1.85. The number of benzene rings is 2. The summed E-state index contributed by atoms with van der Waals surface area (Å²) in [5, 5.41) is 8.99. The summed E-state index contributed by atoms with van der Waals surface area (Å²) in [6.07, 6.45) is 0.848. The fourth-order valence-electron chi connectivity index (χ4n) is 2.96. The molecule has 0 radical (unpaired) electrons. The minimum absolute atomic E-state index is 0.130. The maximum atomic E-state index is 5.79. The molecule has 2 atom stereocenters. The summed E-state index contributed by atoms with van der Waals surface area (Å²) in [4.78, 5) is 0. The van der Waals surface area contributed by atoms with Crippen LogP contribution in [0, 0.1) is 0 Å². The van der Waals surface area contributed by atoms with Crippen LogP contribution < -0.4 is 15.2 Å². The summed E-state index contributed by atoms with van der Waals surface area (Å²) in [5.41, 5.74) is 9.95. The summed E-state index contributed by atoms with van der Waals surface area (Å²) in [7, 11) is 0. The van der Waals surface area contributed by atoms with Gasteiger partial charge in [0.15, 0.2) is 11.5 Å². The molecule has 0 amide bonds. The van der Waals surface area contributed by atoms with Crippen molar-refractivity contribution >= 4 is 5.69 Å². The highest BCUT2D eigenvalue weighted by molar-refractivity contribution is 5.53. The summed E-state index contributed by atoms with van der Waals surface area (Å²) < 4.78 is 11.0. The topological polar surface area (TPSA) is 69.2 Å². The van der Waals surface area contributed by atoms with Gasteiger partial charge in [0.05, 0.1) is 6.04 Å². The average molecular weight is 295 g/mol. The number of fused-ring (bicyclic) bond motifs is 2. The number of nitrogen functional groups attached to an aromatic ring is 1. The first-order valence-corrected chi connectivity index (χ1v) is 7.38. The van der Waals surface area contributed by atoms with Gasteiger partial charge in [-0.05, 0) is 54.3 Å². The van der Waals surface area contributed by atoms with Gasteiger partial charge in [0.2, 0.25) is 6.79 Å². The zero-order chi connectivity index (χ0) is 15.1. The monoisotopic (exact) mass is 295 g/mol. The van der Waals surface area contributed by atoms with Crippen molar-refractivity contribution in [2.24, 2.45) is 10.2 Å². The van der Waals surface area contributed by atoms with Gasteiger partial charge >= 0.3 is 0 Å². The molecular formula is C17H17N3O2. The Morgan fingerprint density at radius 3 is 2.55 bits per heavy atom. The Morgan fingerprint density at radius 2 is 1.77 bits per heavy atom. The van der Waals surface area contributed by atoms with Crippen LogP contribution in [-0.2, 0) is 6.42 Å². The predicted octanol–water partition coefficient (Wildman–Crippen LogP) is 3.48. The number of nitrogens with two attached hydrogens (primary N) is 1. The lowest BCUT2D eigenvalue weighted by Crippen LogP contribution is -2.04. The van der Waals surface area contributed by atoms with Crippen LogP contribution in [0.4, 0.5) is 5.69 Å². The molecule has 0 bridgehead atoms. The van der Waals surface area contributed by atoms with Crippen LogP contribution in [0.5, 0.6) is 11.5 Å². The molecule has 2 aromatic rings. The molecular weight excluding hydrogens is 278 g/mol. The summed E-state index contributed by atoms with van der Waals surface area (Å²) in [6, 6.07) is 11.9. The molecule has 2 unspecified atom stereocenters. The minimum atomic E-state index is -0.130. The van der Waals surface area contributed by atoms with E-state index in [2.05, 4.69) is 23.2 Å². The van der Waals surface area contributed by atoms with Crippen molar-refractivity contribution in [3.05, 3.63) is 53.1 Å². The lowest BCUT2D eigenvalue weighted by atomic mass is 9.92. The van der Waals surface area contributed by atoms with Crippen LogP contribution in [0.25, 0.3) is 0 Å². The quantitative estimate of drug-likeness (QED) is 0.819. The van der Waals surface area contributed by atoms with E-state index in [1.165, 1.54) is 5.56 Å². The standard InChI is InChI=1S/C17H17N3O2/c1-10-6-12-7-15-16(22-9-21-15)8-14(12)17(20-19-10)11-2-4-13(18)5-3-11/h2-5,7-8,10,17H,6,9,18H2,1H3. The van der Waals surface area contributed by atoms with E-state index in [-0.39, 0.29) is 18.9 Å². The van der Waals surface area contributed by atoms with Gasteiger partial charge in [-0.15, -0.1) is 0 Å². The van der Waals surface area contributed by atoms with E-state index in [0.717, 1.165) is 34.7 Å². The Bertz CT molecular complexity index is 740. The third kappa shape index (κ3) is 2.19. The number of azo groups is 1. The van der Waals surface area contributed by atoms with Gasteiger partial charge in [-0.1, -0.05) is 12.1 Å². The molecule has 2 aliphatic heterocycles. The van der Waals surface area contributed by atoms with Crippen molar-refractivity contribution in [3.8, 4) is 11.5 Å². The summed E-state index contributed by atoms with van der Waals surface area (Å²) >= 11 is 0. The van der Waals surface area contributed by atoms with Crippen LogP contribution in [-0.4, -0.2) is 12.8 Å². The van der Waals surface area contributed by atoms with E-state index in [9.17, 15) is 0 Å². The second-order valence-electron chi connectivity index (χ2n) is 5.76. The lowest BCUT2D eigenvalue weighted by molar-refractivity contribution is 0.174. The van der Waals surface area contributed by atoms with Gasteiger partial charge in [-0.3, -0.25) is 0 Å². The van der Waals surface area contributed by atoms with E-state index >= 15 is 0 Å². The number of hydrogen-bond acceptors (Lipinski definition) is 5. The van der Waals surface area contributed by atoms with Crippen molar-refractivity contribution in [2.75, 3.05) is 12.5 Å². The van der Waals surface area contributed by atoms with Crippen molar-refractivity contribution in [3.63, 3.8) is 0 Å². The van der Waals surface area contributed by atoms with Gasteiger partial charge in [-0.2, -0.15) is 10.2 Å². The highest BCUT2D eigenvalue weighted by Gasteiger charge is 2.26. The van der Waals surface area contributed by atoms with Crippen molar-refractivity contribution in [1.29, 1.82) is 0 Å². The van der Waals surface area contributed by atoms with Crippen molar-refractivity contribution < 1.29 is 9.47 Å². The molecule has 0 spiro atoms. The normalized spacial score (nSPS) is 22.2. The molecule has 2 aromatic carbocycles. The molecule has 0 saturated heterocycles. The van der Waals surface area contributed by atoms with E-state index in [1.54, 1.807) is 0 Å². The maximum Gasteiger partial charge on any atom is 0.231 e. The fourth-order valence-corrected chi connectivity index (χ4v) is 2.96. The summed E-state index contributed by atoms with van der Waals surface area (Å²) in [5.74, 6) is 1.59. The lowest BCUT2D eigenvalue weighted by Gasteiger charge is -2.15.